The summed E-state index contributed by atoms with van der Waals surface area (Å²) in [4.78, 5) is 0. The molecular weight excluding hydrogens is 238 g/mol. The first-order valence-electron chi connectivity index (χ1n) is 5.08. The van der Waals surface area contributed by atoms with E-state index in [1.54, 1.807) is 18.3 Å². The zero-order valence-corrected chi connectivity index (χ0v) is 9.50. The lowest BCUT2D eigenvalue weighted by Crippen LogP contribution is -2.27. The van der Waals surface area contributed by atoms with Crippen LogP contribution < -0.4 is 4.73 Å². The van der Waals surface area contributed by atoms with Crippen molar-refractivity contribution >= 4 is 17.2 Å². The van der Waals surface area contributed by atoms with Crippen molar-refractivity contribution in [3.05, 3.63) is 59.0 Å². The molecule has 17 heavy (non-hydrogen) atoms. The molecule has 3 rings (SSSR count). The maximum atomic E-state index is 12.1. The van der Waals surface area contributed by atoms with E-state index in [9.17, 15) is 5.21 Å². The van der Waals surface area contributed by atoms with Gasteiger partial charge in [0.15, 0.2) is 17.0 Å². The van der Waals surface area contributed by atoms with Crippen molar-refractivity contribution in [3.63, 3.8) is 0 Å². The van der Waals surface area contributed by atoms with Gasteiger partial charge in [0.2, 0.25) is 0 Å². The fraction of sp³-hybridized carbons (Fsp3) is 0. The van der Waals surface area contributed by atoms with E-state index in [1.165, 1.54) is 4.52 Å². The third-order valence-electron chi connectivity index (χ3n) is 2.55. The Hall–Kier alpha value is -2.07. The molecule has 0 aliphatic heterocycles. The fourth-order valence-corrected chi connectivity index (χ4v) is 1.90. The van der Waals surface area contributed by atoms with Gasteiger partial charge in [0, 0.05) is 11.6 Å². The summed E-state index contributed by atoms with van der Waals surface area (Å²) in [5.41, 5.74) is 1.86. The Morgan fingerprint density at radius 3 is 2.65 bits per heavy atom. The van der Waals surface area contributed by atoms with E-state index < -0.39 is 0 Å². The molecule has 2 aromatic heterocycles. The van der Waals surface area contributed by atoms with Crippen LogP contribution in [0.2, 0.25) is 5.15 Å². The largest absolute Gasteiger partial charge is 0.710 e. The Kier molecular flexibility index (Phi) is 2.23. The maximum absolute atomic E-state index is 12.1. The number of benzene rings is 1. The zero-order valence-electron chi connectivity index (χ0n) is 8.75. The molecule has 0 aliphatic rings. The molecule has 0 spiro atoms. The van der Waals surface area contributed by atoms with E-state index in [0.717, 1.165) is 10.3 Å². The van der Waals surface area contributed by atoms with E-state index in [0.29, 0.717) is 16.5 Å². The summed E-state index contributed by atoms with van der Waals surface area (Å²) >= 11 is 5.78. The molecule has 3 aromatic rings. The first-order valence-corrected chi connectivity index (χ1v) is 5.46. The lowest BCUT2D eigenvalue weighted by Gasteiger charge is -2.02. The number of hydrogen-bond acceptors (Lipinski definition) is 2. The minimum atomic E-state index is 0.354. The minimum absolute atomic E-state index is 0.354. The Bertz CT molecular complexity index is 679. The second-order valence-electron chi connectivity index (χ2n) is 3.63. The number of halogens is 1. The van der Waals surface area contributed by atoms with Gasteiger partial charge >= 0.3 is 5.65 Å². The van der Waals surface area contributed by atoms with Crippen LogP contribution in [0.5, 0.6) is 0 Å². The average molecular weight is 246 g/mol. The van der Waals surface area contributed by atoms with Gasteiger partial charge in [0.25, 0.3) is 0 Å². The highest BCUT2D eigenvalue weighted by Crippen LogP contribution is 2.16. The molecule has 0 fully saturated rings. The Labute approximate surface area is 102 Å². The second-order valence-corrected chi connectivity index (χ2v) is 4.02. The van der Waals surface area contributed by atoms with Gasteiger partial charge in [0.1, 0.15) is 0 Å². The number of rotatable bonds is 1. The molecule has 2 heterocycles. The topological polar surface area (TPSA) is 44.2 Å². The summed E-state index contributed by atoms with van der Waals surface area (Å²) in [6.45, 7) is 0. The molecule has 0 amide bonds. The van der Waals surface area contributed by atoms with Crippen LogP contribution in [-0.2, 0) is 0 Å². The molecular formula is C12H8ClN3O. The molecule has 0 atom stereocenters. The quantitative estimate of drug-likeness (QED) is 0.488. The number of aromatic nitrogens is 3. The highest BCUT2D eigenvalue weighted by atomic mass is 35.5. The molecule has 0 unspecified atom stereocenters. The van der Waals surface area contributed by atoms with E-state index in [4.69, 9.17) is 11.6 Å². The maximum Gasteiger partial charge on any atom is 0.310 e. The minimum Gasteiger partial charge on any atom is -0.710 e. The first-order chi connectivity index (χ1) is 8.25. The summed E-state index contributed by atoms with van der Waals surface area (Å²) in [6.07, 6.45) is 1.67. The van der Waals surface area contributed by atoms with Crippen LogP contribution in [0.1, 0.15) is 0 Å². The summed E-state index contributed by atoms with van der Waals surface area (Å²) in [5.74, 6) is 0. The summed E-state index contributed by atoms with van der Waals surface area (Å²) in [6, 6.07) is 12.7. The molecule has 4 nitrogen and oxygen atoms in total. The van der Waals surface area contributed by atoms with Crippen LogP contribution >= 0.6 is 11.6 Å². The zero-order chi connectivity index (χ0) is 11.8. The van der Waals surface area contributed by atoms with E-state index in [2.05, 4.69) is 5.10 Å². The molecule has 0 aliphatic carbocycles. The number of imidazole rings is 1. The van der Waals surface area contributed by atoms with Crippen molar-refractivity contribution in [2.45, 2.75) is 0 Å². The van der Waals surface area contributed by atoms with Gasteiger partial charge < -0.3 is 5.21 Å². The van der Waals surface area contributed by atoms with E-state index in [1.807, 2.05) is 30.3 Å². The SMILES string of the molecule is [O-][n+]1c(-c2ccccc2)cn2nc(Cl)ccc21. The van der Waals surface area contributed by atoms with Crippen molar-refractivity contribution in [2.75, 3.05) is 0 Å². The van der Waals surface area contributed by atoms with Crippen LogP contribution in [0.15, 0.2) is 48.7 Å². The molecule has 5 heteroatoms. The second kappa shape index (κ2) is 3.75. The molecule has 0 radical (unpaired) electrons. The van der Waals surface area contributed by atoms with Gasteiger partial charge in [-0.3, -0.25) is 0 Å². The van der Waals surface area contributed by atoms with Crippen LogP contribution in [0.25, 0.3) is 16.9 Å². The van der Waals surface area contributed by atoms with Crippen molar-refractivity contribution in [3.8, 4) is 11.3 Å². The van der Waals surface area contributed by atoms with Gasteiger partial charge in [-0.2, -0.15) is 0 Å². The van der Waals surface area contributed by atoms with Gasteiger partial charge in [-0.05, 0) is 6.07 Å². The third kappa shape index (κ3) is 1.62. The molecule has 0 N–H and O–H groups in total. The molecule has 1 aromatic carbocycles. The number of fused-ring (bicyclic) bond motifs is 1. The molecule has 0 saturated heterocycles. The highest BCUT2D eigenvalue weighted by molar-refractivity contribution is 6.29. The lowest BCUT2D eigenvalue weighted by atomic mass is 10.2. The number of nitrogens with zero attached hydrogens (tertiary/aromatic N) is 3. The van der Waals surface area contributed by atoms with Gasteiger partial charge in [0.05, 0.1) is 0 Å². The Balaban J connectivity index is 2.28. The van der Waals surface area contributed by atoms with Gasteiger partial charge in [-0.15, -0.1) is 0 Å². The monoisotopic (exact) mass is 245 g/mol. The van der Waals surface area contributed by atoms with Gasteiger partial charge in [-0.1, -0.05) is 51.5 Å². The standard InChI is InChI=1S/C12H8ClN3O/c13-11-6-7-12-15(14-11)8-10(16(12)17)9-4-2-1-3-5-9/h1-8H. The lowest BCUT2D eigenvalue weighted by molar-refractivity contribution is -0.564. The fourth-order valence-electron chi connectivity index (χ4n) is 1.76. The number of hydrogen-bond donors (Lipinski definition) is 0. The average Bonchev–Trinajstić information content (AvgIpc) is 2.67. The van der Waals surface area contributed by atoms with Crippen molar-refractivity contribution in [1.82, 2.24) is 9.61 Å². The predicted molar refractivity (Wildman–Crippen MR) is 64.6 cm³/mol. The van der Waals surface area contributed by atoms with Gasteiger partial charge in [-0.25, -0.2) is 4.73 Å². The van der Waals surface area contributed by atoms with E-state index in [-0.39, 0.29) is 0 Å². The van der Waals surface area contributed by atoms with Crippen LogP contribution in [0, 0.1) is 5.21 Å². The molecule has 84 valence electrons. The Morgan fingerprint density at radius 1 is 1.12 bits per heavy atom. The first kappa shape index (κ1) is 10.1. The van der Waals surface area contributed by atoms with Crippen LogP contribution in [0.4, 0.5) is 0 Å². The van der Waals surface area contributed by atoms with Crippen molar-refractivity contribution in [1.29, 1.82) is 0 Å². The Morgan fingerprint density at radius 2 is 1.88 bits per heavy atom. The predicted octanol–water partition coefficient (Wildman–Crippen LogP) is 2.29. The molecule has 0 saturated carbocycles. The summed E-state index contributed by atoms with van der Waals surface area (Å²) in [7, 11) is 0. The normalized spacial score (nSPS) is 10.9. The highest BCUT2D eigenvalue weighted by Gasteiger charge is 2.15. The van der Waals surface area contributed by atoms with Crippen LogP contribution in [-0.4, -0.2) is 9.61 Å². The van der Waals surface area contributed by atoms with Crippen molar-refractivity contribution < 1.29 is 4.73 Å². The summed E-state index contributed by atoms with van der Waals surface area (Å²) < 4.78 is 2.33. The molecule has 0 bridgehead atoms. The van der Waals surface area contributed by atoms with E-state index >= 15 is 0 Å². The van der Waals surface area contributed by atoms with Crippen LogP contribution in [0.3, 0.4) is 0 Å². The van der Waals surface area contributed by atoms with Crippen molar-refractivity contribution in [2.24, 2.45) is 0 Å². The summed E-state index contributed by atoms with van der Waals surface area (Å²) in [5, 5.41) is 16.5. The third-order valence-corrected chi connectivity index (χ3v) is 2.75. The smallest absolute Gasteiger partial charge is 0.310 e.